The van der Waals surface area contributed by atoms with Crippen molar-refractivity contribution in [2.75, 3.05) is 37.4 Å². The molecule has 0 radical (unpaired) electrons. The maximum absolute atomic E-state index is 12.1. The van der Waals surface area contributed by atoms with Gasteiger partial charge in [-0.3, -0.25) is 14.5 Å². The minimum atomic E-state index is -0.131. The van der Waals surface area contributed by atoms with Crippen LogP contribution in [0.4, 0.5) is 11.4 Å². The fourth-order valence-corrected chi connectivity index (χ4v) is 2.48. The van der Waals surface area contributed by atoms with Gasteiger partial charge in [0, 0.05) is 29.3 Å². The van der Waals surface area contributed by atoms with Crippen LogP contribution in [0.5, 0.6) is 5.75 Å². The number of anilines is 2. The lowest BCUT2D eigenvalue weighted by Gasteiger charge is -2.17. The molecule has 0 atom stereocenters. The van der Waals surface area contributed by atoms with Crippen LogP contribution in [0.2, 0.25) is 0 Å². The smallest absolute Gasteiger partial charge is 0.238 e. The normalized spacial score (nSPS) is 10.5. The van der Waals surface area contributed by atoms with E-state index in [2.05, 4.69) is 26.6 Å². The molecule has 0 saturated carbocycles. The fraction of sp³-hybridized carbons (Fsp3) is 0.263. The van der Waals surface area contributed by atoms with E-state index in [4.69, 9.17) is 4.74 Å². The van der Waals surface area contributed by atoms with E-state index in [9.17, 15) is 9.59 Å². The molecule has 0 aromatic heterocycles. The van der Waals surface area contributed by atoms with Crippen molar-refractivity contribution in [1.29, 1.82) is 0 Å². The molecule has 2 N–H and O–H groups in total. The topological polar surface area (TPSA) is 70.7 Å². The van der Waals surface area contributed by atoms with Gasteiger partial charge in [-0.25, -0.2) is 0 Å². The zero-order valence-corrected chi connectivity index (χ0v) is 16.4. The molecule has 138 valence electrons. The van der Waals surface area contributed by atoms with Crippen molar-refractivity contribution < 1.29 is 14.3 Å². The van der Waals surface area contributed by atoms with Gasteiger partial charge in [-0.15, -0.1) is 0 Å². The van der Waals surface area contributed by atoms with E-state index in [0.717, 1.165) is 10.2 Å². The second kappa shape index (κ2) is 9.94. The predicted molar refractivity (Wildman–Crippen MR) is 107 cm³/mol. The van der Waals surface area contributed by atoms with Crippen LogP contribution in [0, 0.1) is 0 Å². The Morgan fingerprint density at radius 3 is 2.15 bits per heavy atom. The van der Waals surface area contributed by atoms with Crippen molar-refractivity contribution >= 4 is 39.1 Å². The zero-order valence-electron chi connectivity index (χ0n) is 14.8. The molecule has 0 aliphatic heterocycles. The van der Waals surface area contributed by atoms with Crippen LogP contribution < -0.4 is 15.4 Å². The van der Waals surface area contributed by atoms with Gasteiger partial charge in [0.05, 0.1) is 6.54 Å². The maximum atomic E-state index is 12.1. The summed E-state index contributed by atoms with van der Waals surface area (Å²) in [7, 11) is 1.87. The lowest BCUT2D eigenvalue weighted by molar-refractivity contribution is -0.117. The number of hydrogen-bond donors (Lipinski definition) is 2. The Kier molecular flexibility index (Phi) is 7.62. The number of ether oxygens (including phenoxy) is 1. The van der Waals surface area contributed by atoms with Crippen molar-refractivity contribution in [3.8, 4) is 5.75 Å². The quantitative estimate of drug-likeness (QED) is 0.687. The summed E-state index contributed by atoms with van der Waals surface area (Å²) in [5, 5.41) is 5.51. The Hall–Kier alpha value is -2.38. The van der Waals surface area contributed by atoms with Gasteiger partial charge in [-0.1, -0.05) is 15.9 Å². The minimum absolute atomic E-state index is 0.108. The summed E-state index contributed by atoms with van der Waals surface area (Å²) < 4.78 is 6.65. The molecule has 2 rings (SSSR count). The second-order valence-electron chi connectivity index (χ2n) is 5.85. The Morgan fingerprint density at radius 1 is 1.00 bits per heavy atom. The number of likely N-dealkylation sites (N-methyl/N-ethyl adjacent to an activating group) is 1. The molecular formula is C19H22BrN3O3. The first kappa shape index (κ1) is 19.9. The van der Waals surface area contributed by atoms with E-state index in [-0.39, 0.29) is 18.4 Å². The monoisotopic (exact) mass is 419 g/mol. The lowest BCUT2D eigenvalue weighted by Crippen LogP contribution is -2.33. The van der Waals surface area contributed by atoms with Gasteiger partial charge in [0.1, 0.15) is 12.4 Å². The van der Waals surface area contributed by atoms with E-state index in [0.29, 0.717) is 24.5 Å². The Bertz CT molecular complexity index is 733. The molecule has 0 fully saturated rings. The van der Waals surface area contributed by atoms with Gasteiger partial charge in [-0.05, 0) is 55.6 Å². The largest absolute Gasteiger partial charge is 0.492 e. The van der Waals surface area contributed by atoms with Gasteiger partial charge >= 0.3 is 0 Å². The van der Waals surface area contributed by atoms with Gasteiger partial charge in [0.2, 0.25) is 11.8 Å². The van der Waals surface area contributed by atoms with Gasteiger partial charge in [-0.2, -0.15) is 0 Å². The van der Waals surface area contributed by atoms with Crippen molar-refractivity contribution in [2.45, 2.75) is 6.92 Å². The number of hydrogen-bond acceptors (Lipinski definition) is 4. The molecule has 2 amide bonds. The molecule has 0 heterocycles. The number of nitrogens with one attached hydrogen (secondary N) is 2. The van der Waals surface area contributed by atoms with E-state index in [1.165, 1.54) is 6.92 Å². The SMILES string of the molecule is CC(=O)Nc1ccc(NC(=O)CN(C)CCOc2ccc(Br)cc2)cc1. The number of halogens is 1. The zero-order chi connectivity index (χ0) is 18.9. The summed E-state index contributed by atoms with van der Waals surface area (Å²) in [5.74, 6) is 0.558. The number of carbonyl (C=O) groups is 2. The second-order valence-corrected chi connectivity index (χ2v) is 6.76. The highest BCUT2D eigenvalue weighted by molar-refractivity contribution is 9.10. The van der Waals surface area contributed by atoms with Crippen molar-refractivity contribution in [1.82, 2.24) is 4.90 Å². The molecule has 0 aliphatic carbocycles. The standard InChI is InChI=1S/C19H22BrN3O3/c1-14(24)21-16-5-7-17(8-6-16)22-19(25)13-23(2)11-12-26-18-9-3-15(20)4-10-18/h3-10H,11-13H2,1-2H3,(H,21,24)(H,22,25). The predicted octanol–water partition coefficient (Wildman–Crippen LogP) is 3.36. The average Bonchev–Trinajstić information content (AvgIpc) is 2.58. The summed E-state index contributed by atoms with van der Waals surface area (Å²) in [4.78, 5) is 25.0. The van der Waals surface area contributed by atoms with Gasteiger partial charge in [0.25, 0.3) is 0 Å². The van der Waals surface area contributed by atoms with Crippen LogP contribution in [0.25, 0.3) is 0 Å². The molecule has 2 aromatic carbocycles. The third-order valence-electron chi connectivity index (χ3n) is 3.46. The number of carbonyl (C=O) groups excluding carboxylic acids is 2. The highest BCUT2D eigenvalue weighted by atomic mass is 79.9. The molecule has 26 heavy (non-hydrogen) atoms. The van der Waals surface area contributed by atoms with Crippen LogP contribution in [0.1, 0.15) is 6.92 Å². The third-order valence-corrected chi connectivity index (χ3v) is 3.99. The lowest BCUT2D eigenvalue weighted by atomic mass is 10.2. The molecular weight excluding hydrogens is 398 g/mol. The fourth-order valence-electron chi connectivity index (χ4n) is 2.22. The molecule has 0 bridgehead atoms. The summed E-state index contributed by atoms with van der Waals surface area (Å²) >= 11 is 3.38. The van der Waals surface area contributed by atoms with E-state index < -0.39 is 0 Å². The van der Waals surface area contributed by atoms with Crippen LogP contribution in [-0.4, -0.2) is 43.5 Å². The highest BCUT2D eigenvalue weighted by Gasteiger charge is 2.07. The first-order chi connectivity index (χ1) is 12.4. The summed E-state index contributed by atoms with van der Waals surface area (Å²) in [6.45, 7) is 2.84. The molecule has 0 saturated heterocycles. The van der Waals surface area contributed by atoms with Crippen LogP contribution in [0.15, 0.2) is 53.0 Å². The summed E-state index contributed by atoms with van der Waals surface area (Å²) in [5.41, 5.74) is 1.38. The van der Waals surface area contributed by atoms with E-state index in [1.54, 1.807) is 24.3 Å². The van der Waals surface area contributed by atoms with Crippen molar-refractivity contribution in [2.24, 2.45) is 0 Å². The Balaban J connectivity index is 1.71. The summed E-state index contributed by atoms with van der Waals surface area (Å²) in [6.07, 6.45) is 0. The third kappa shape index (κ3) is 7.25. The van der Waals surface area contributed by atoms with Crippen molar-refractivity contribution in [3.63, 3.8) is 0 Å². The van der Waals surface area contributed by atoms with E-state index >= 15 is 0 Å². The first-order valence-electron chi connectivity index (χ1n) is 8.17. The maximum Gasteiger partial charge on any atom is 0.238 e. The van der Waals surface area contributed by atoms with Crippen LogP contribution >= 0.6 is 15.9 Å². The van der Waals surface area contributed by atoms with Gasteiger partial charge < -0.3 is 15.4 Å². The van der Waals surface area contributed by atoms with Gasteiger partial charge in [0.15, 0.2) is 0 Å². The molecule has 7 heteroatoms. The van der Waals surface area contributed by atoms with Crippen LogP contribution in [-0.2, 0) is 9.59 Å². The highest BCUT2D eigenvalue weighted by Crippen LogP contribution is 2.16. The Morgan fingerprint density at radius 2 is 1.58 bits per heavy atom. The molecule has 0 aliphatic rings. The number of nitrogens with zero attached hydrogens (tertiary/aromatic N) is 1. The van der Waals surface area contributed by atoms with Crippen LogP contribution in [0.3, 0.4) is 0 Å². The molecule has 0 unspecified atom stereocenters. The van der Waals surface area contributed by atoms with Crippen molar-refractivity contribution in [3.05, 3.63) is 53.0 Å². The average molecular weight is 420 g/mol. The number of amides is 2. The molecule has 6 nitrogen and oxygen atoms in total. The number of rotatable bonds is 8. The Labute approximate surface area is 161 Å². The summed E-state index contributed by atoms with van der Waals surface area (Å²) in [6, 6.07) is 14.6. The molecule has 0 spiro atoms. The minimum Gasteiger partial charge on any atom is -0.492 e. The van der Waals surface area contributed by atoms with E-state index in [1.807, 2.05) is 36.2 Å². The first-order valence-corrected chi connectivity index (χ1v) is 8.96. The molecule has 2 aromatic rings. The number of benzene rings is 2.